The van der Waals surface area contributed by atoms with Gasteiger partial charge in [0.05, 0.1) is 38.1 Å². The maximum Gasteiger partial charge on any atom is 0.0714 e. The van der Waals surface area contributed by atoms with Gasteiger partial charge in [0.1, 0.15) is 0 Å². The van der Waals surface area contributed by atoms with Crippen molar-refractivity contribution in [3.63, 3.8) is 0 Å². The Labute approximate surface area is 325 Å². The Morgan fingerprint density at radius 2 is 1.20 bits per heavy atom. The van der Waals surface area contributed by atoms with Crippen molar-refractivity contribution in [1.82, 2.24) is 0 Å². The molecule has 0 amide bonds. The first kappa shape index (κ1) is 31.8. The van der Waals surface area contributed by atoms with Crippen LogP contribution in [0.25, 0.3) is 38.4 Å². The first-order valence-corrected chi connectivity index (χ1v) is 19.8. The van der Waals surface area contributed by atoms with E-state index < -0.39 is 5.41 Å². The summed E-state index contributed by atoms with van der Waals surface area (Å²) in [6.07, 6.45) is 11.1. The van der Waals surface area contributed by atoms with Crippen LogP contribution >= 0.6 is 11.3 Å². The van der Waals surface area contributed by atoms with Gasteiger partial charge in [0.15, 0.2) is 0 Å². The molecule has 2 aliphatic carbocycles. The first-order valence-electron chi connectivity index (χ1n) is 19.0. The van der Waals surface area contributed by atoms with E-state index in [1.54, 1.807) is 0 Å². The van der Waals surface area contributed by atoms with E-state index in [1.807, 2.05) is 11.3 Å². The molecule has 2 heterocycles. The van der Waals surface area contributed by atoms with Crippen molar-refractivity contribution < 1.29 is 0 Å². The van der Waals surface area contributed by atoms with E-state index in [0.29, 0.717) is 0 Å². The molecule has 8 aromatic rings. The summed E-state index contributed by atoms with van der Waals surface area (Å²) in [5, 5.41) is 5.13. The Morgan fingerprint density at radius 1 is 0.545 bits per heavy atom. The molecule has 3 heteroatoms. The molecule has 11 rings (SSSR count). The van der Waals surface area contributed by atoms with Crippen molar-refractivity contribution in [3.8, 4) is 22.3 Å². The molecule has 0 spiro atoms. The quantitative estimate of drug-likeness (QED) is 0.184. The average Bonchev–Trinajstić information content (AvgIpc) is 3.77. The second-order valence-corrected chi connectivity index (χ2v) is 15.5. The minimum atomic E-state index is -0.503. The maximum absolute atomic E-state index is 3.88. The van der Waals surface area contributed by atoms with Crippen LogP contribution in [0.2, 0.25) is 0 Å². The zero-order chi connectivity index (χ0) is 36.3. The van der Waals surface area contributed by atoms with Crippen molar-refractivity contribution in [3.05, 3.63) is 233 Å². The second-order valence-electron chi connectivity index (χ2n) is 14.5. The molecule has 260 valence electrons. The summed E-state index contributed by atoms with van der Waals surface area (Å²) in [5.74, 6) is 0. The topological polar surface area (TPSA) is 15.3 Å². The molecule has 0 bridgehead atoms. The van der Waals surface area contributed by atoms with Crippen LogP contribution in [0.1, 0.15) is 27.1 Å². The van der Waals surface area contributed by atoms with Crippen molar-refractivity contribution in [2.75, 3.05) is 10.2 Å². The van der Waals surface area contributed by atoms with E-state index in [1.165, 1.54) is 70.7 Å². The van der Waals surface area contributed by atoms with Crippen LogP contribution in [0.15, 0.2) is 206 Å². The summed E-state index contributed by atoms with van der Waals surface area (Å²) in [6.45, 7) is 0. The number of rotatable bonds is 6. The van der Waals surface area contributed by atoms with Crippen LogP contribution in [0.4, 0.5) is 22.7 Å². The third-order valence-corrected chi connectivity index (χ3v) is 12.7. The van der Waals surface area contributed by atoms with Gasteiger partial charge < -0.3 is 10.2 Å². The number of hydrogen-bond acceptors (Lipinski definition) is 3. The number of para-hydroxylation sites is 1. The summed E-state index contributed by atoms with van der Waals surface area (Å²) in [6, 6.07) is 65.0. The number of thiophene rings is 1. The normalized spacial score (nSPS) is 15.7. The standard InChI is InChI=1S/C52H36N2S/c1-4-17-35(18-5-1)40-24-12-15-29-47(40)54(48-30-16-26-43-50-49(55-51(43)48)33-36-19-10-14-28-46(36)53-50)39-31-32-42-41-25-11-13-27-44(41)52(45(42)34-39,37-20-6-2-7-21-37)38-22-8-3-9-23-38/h1-34,46,53H. The maximum atomic E-state index is 3.88. The molecule has 0 saturated heterocycles. The van der Waals surface area contributed by atoms with Gasteiger partial charge in [-0.1, -0.05) is 176 Å². The van der Waals surface area contributed by atoms with E-state index >= 15 is 0 Å². The van der Waals surface area contributed by atoms with Crippen molar-refractivity contribution in [1.29, 1.82) is 0 Å². The molecule has 1 N–H and O–H groups in total. The average molecular weight is 721 g/mol. The van der Waals surface area contributed by atoms with Gasteiger partial charge in [-0.25, -0.2) is 0 Å². The molecular weight excluding hydrogens is 685 g/mol. The number of allylic oxidation sites excluding steroid dienone is 2. The molecule has 3 aliphatic rings. The number of fused-ring (bicyclic) bond motifs is 7. The van der Waals surface area contributed by atoms with Gasteiger partial charge in [0.2, 0.25) is 0 Å². The van der Waals surface area contributed by atoms with Gasteiger partial charge in [-0.3, -0.25) is 0 Å². The van der Waals surface area contributed by atoms with E-state index in [4.69, 9.17) is 0 Å². The number of benzene rings is 7. The smallest absolute Gasteiger partial charge is 0.0714 e. The molecule has 55 heavy (non-hydrogen) atoms. The predicted molar refractivity (Wildman–Crippen MR) is 233 cm³/mol. The summed E-state index contributed by atoms with van der Waals surface area (Å²) in [5.41, 5.74) is 15.5. The van der Waals surface area contributed by atoms with Gasteiger partial charge in [-0.2, -0.15) is 0 Å². The molecule has 0 radical (unpaired) electrons. The molecule has 1 unspecified atom stereocenters. The Hall–Kier alpha value is -6.68. The van der Waals surface area contributed by atoms with Crippen molar-refractivity contribution in [2.24, 2.45) is 0 Å². The molecular formula is C52H36N2S. The Bertz CT molecular complexity index is 2810. The zero-order valence-corrected chi connectivity index (χ0v) is 30.9. The zero-order valence-electron chi connectivity index (χ0n) is 30.1. The summed E-state index contributed by atoms with van der Waals surface area (Å²) >= 11 is 1.87. The minimum absolute atomic E-state index is 0.177. The summed E-state index contributed by atoms with van der Waals surface area (Å²) < 4.78 is 1.26. The number of hydrogen-bond donors (Lipinski definition) is 1. The predicted octanol–water partition coefficient (Wildman–Crippen LogP) is 13.7. The highest BCUT2D eigenvalue weighted by molar-refractivity contribution is 7.21. The molecule has 1 atom stereocenters. The van der Waals surface area contributed by atoms with Gasteiger partial charge in [-0.15, -0.1) is 11.3 Å². The molecule has 0 saturated carbocycles. The lowest BCUT2D eigenvalue weighted by Gasteiger charge is -2.35. The fourth-order valence-electron chi connectivity index (χ4n) is 9.19. The van der Waals surface area contributed by atoms with Crippen LogP contribution < -0.4 is 10.2 Å². The number of nitrogens with one attached hydrogen (secondary N) is 1. The van der Waals surface area contributed by atoms with Crippen LogP contribution in [-0.4, -0.2) is 6.04 Å². The van der Waals surface area contributed by atoms with Crippen molar-refractivity contribution in [2.45, 2.75) is 11.5 Å². The van der Waals surface area contributed by atoms with Gasteiger partial charge in [-0.05, 0) is 74.9 Å². The lowest BCUT2D eigenvalue weighted by atomic mass is 9.67. The van der Waals surface area contributed by atoms with Crippen LogP contribution in [-0.2, 0) is 5.41 Å². The lowest BCUT2D eigenvalue weighted by molar-refractivity contribution is 0.768. The summed E-state index contributed by atoms with van der Waals surface area (Å²) in [7, 11) is 0. The largest absolute Gasteiger partial charge is 0.373 e. The lowest BCUT2D eigenvalue weighted by Crippen LogP contribution is -2.28. The van der Waals surface area contributed by atoms with E-state index in [9.17, 15) is 0 Å². The highest BCUT2D eigenvalue weighted by Gasteiger charge is 2.46. The molecule has 0 fully saturated rings. The fraction of sp³-hybridized carbons (Fsp3) is 0.0385. The minimum Gasteiger partial charge on any atom is -0.373 e. The number of nitrogens with zero attached hydrogens (tertiary/aromatic N) is 1. The van der Waals surface area contributed by atoms with Crippen LogP contribution in [0.5, 0.6) is 0 Å². The van der Waals surface area contributed by atoms with E-state index in [-0.39, 0.29) is 6.04 Å². The second kappa shape index (κ2) is 12.7. The molecule has 7 aromatic carbocycles. The van der Waals surface area contributed by atoms with Crippen molar-refractivity contribution >= 4 is 50.2 Å². The molecule has 1 aliphatic heterocycles. The highest BCUT2D eigenvalue weighted by Crippen LogP contribution is 2.58. The Morgan fingerprint density at radius 3 is 1.98 bits per heavy atom. The first-order chi connectivity index (χ1) is 27.3. The monoisotopic (exact) mass is 720 g/mol. The third kappa shape index (κ3) is 4.87. The van der Waals surface area contributed by atoms with Gasteiger partial charge >= 0.3 is 0 Å². The van der Waals surface area contributed by atoms with Crippen LogP contribution in [0, 0.1) is 0 Å². The SMILES string of the molecule is C1=CC2=Cc3sc4c(N(c5ccc6c(c5)C(c5ccccc5)(c5ccccc5)c5ccccc5-6)c5ccccc5-c5ccccc5)cccc4c3NC2C=C1. The van der Waals surface area contributed by atoms with Gasteiger partial charge in [0, 0.05) is 16.6 Å². The summed E-state index contributed by atoms with van der Waals surface area (Å²) in [4.78, 5) is 3.78. The fourth-order valence-corrected chi connectivity index (χ4v) is 10.4. The van der Waals surface area contributed by atoms with Gasteiger partial charge in [0.25, 0.3) is 0 Å². The van der Waals surface area contributed by atoms with E-state index in [0.717, 1.165) is 17.1 Å². The Kier molecular flexibility index (Phi) is 7.36. The Balaban J connectivity index is 1.20. The third-order valence-electron chi connectivity index (χ3n) is 11.6. The number of anilines is 4. The molecule has 1 aromatic heterocycles. The van der Waals surface area contributed by atoms with E-state index in [2.05, 4.69) is 217 Å². The highest BCUT2D eigenvalue weighted by atomic mass is 32.1. The molecule has 2 nitrogen and oxygen atoms in total. The van der Waals surface area contributed by atoms with Crippen LogP contribution in [0.3, 0.4) is 0 Å².